The van der Waals surface area contributed by atoms with Crippen molar-refractivity contribution in [3.8, 4) is 0 Å². The van der Waals surface area contributed by atoms with E-state index in [9.17, 15) is 10.1 Å². The number of nitrogens with one attached hydrogen (secondary N) is 1. The topological polar surface area (TPSA) is 81.0 Å². The third-order valence-electron chi connectivity index (χ3n) is 2.49. The van der Waals surface area contributed by atoms with E-state index in [1.807, 2.05) is 5.38 Å². The van der Waals surface area contributed by atoms with Crippen LogP contribution in [0.2, 0.25) is 0 Å². The number of hydrogen-bond acceptors (Lipinski definition) is 6. The largest absolute Gasteiger partial charge is 0.368 e. The number of thiazole rings is 1. The van der Waals surface area contributed by atoms with Crippen molar-refractivity contribution in [1.29, 1.82) is 0 Å². The molecule has 0 amide bonds. The third-order valence-corrected chi connectivity index (χ3v) is 4.10. The molecule has 0 radical (unpaired) electrons. The minimum absolute atomic E-state index is 0.0367. The van der Waals surface area contributed by atoms with Gasteiger partial charge < -0.3 is 5.32 Å². The summed E-state index contributed by atoms with van der Waals surface area (Å²) in [6, 6.07) is 1.43. The van der Waals surface area contributed by atoms with Gasteiger partial charge in [0.15, 0.2) is 0 Å². The Bertz CT molecular complexity index is 576. The summed E-state index contributed by atoms with van der Waals surface area (Å²) in [6.07, 6.45) is 3.01. The highest BCUT2D eigenvalue weighted by Gasteiger charge is 2.12. The fourth-order valence-corrected chi connectivity index (χ4v) is 2.65. The Morgan fingerprint density at radius 3 is 2.95 bits per heavy atom. The molecule has 1 unspecified atom stereocenters. The van der Waals surface area contributed by atoms with Crippen molar-refractivity contribution < 1.29 is 4.92 Å². The van der Waals surface area contributed by atoms with Gasteiger partial charge in [-0.1, -0.05) is 6.92 Å². The lowest BCUT2D eigenvalue weighted by Gasteiger charge is -2.11. The molecule has 1 N–H and O–H groups in total. The van der Waals surface area contributed by atoms with Crippen LogP contribution in [0, 0.1) is 10.1 Å². The zero-order chi connectivity index (χ0) is 13.8. The van der Waals surface area contributed by atoms with Crippen molar-refractivity contribution >= 4 is 38.8 Å². The molecule has 2 aromatic heterocycles. The zero-order valence-corrected chi connectivity index (χ0v) is 12.4. The molecule has 6 nitrogen and oxygen atoms in total. The Morgan fingerprint density at radius 1 is 1.58 bits per heavy atom. The average molecular weight is 343 g/mol. The predicted octanol–water partition coefficient (Wildman–Crippen LogP) is 3.42. The van der Waals surface area contributed by atoms with Crippen LogP contribution in [0.5, 0.6) is 0 Å². The summed E-state index contributed by atoms with van der Waals surface area (Å²) < 4.78 is 0.577. The number of hydrogen-bond donors (Lipinski definition) is 1. The van der Waals surface area contributed by atoms with E-state index >= 15 is 0 Å². The highest BCUT2D eigenvalue weighted by atomic mass is 79.9. The molecule has 100 valence electrons. The van der Waals surface area contributed by atoms with Crippen molar-refractivity contribution in [2.24, 2.45) is 0 Å². The van der Waals surface area contributed by atoms with Crippen LogP contribution in [0.4, 0.5) is 11.5 Å². The van der Waals surface area contributed by atoms with Gasteiger partial charge in [0, 0.05) is 30.1 Å². The molecule has 0 fully saturated rings. The summed E-state index contributed by atoms with van der Waals surface area (Å²) >= 11 is 4.88. The maximum atomic E-state index is 10.6. The van der Waals surface area contributed by atoms with E-state index in [4.69, 9.17) is 0 Å². The molecule has 0 saturated heterocycles. The quantitative estimate of drug-likeness (QED) is 0.664. The average Bonchev–Trinajstić information content (AvgIpc) is 2.90. The third kappa shape index (κ3) is 3.48. The van der Waals surface area contributed by atoms with Gasteiger partial charge in [0.25, 0.3) is 5.69 Å². The van der Waals surface area contributed by atoms with Crippen LogP contribution >= 0.6 is 27.3 Å². The van der Waals surface area contributed by atoms with Gasteiger partial charge >= 0.3 is 0 Å². The molecule has 2 rings (SSSR count). The summed E-state index contributed by atoms with van der Waals surface area (Å²) in [5, 5.41) is 16.7. The van der Waals surface area contributed by atoms with E-state index in [1.54, 1.807) is 17.5 Å². The summed E-state index contributed by atoms with van der Waals surface area (Å²) in [5.41, 5.74) is -0.0367. The molecule has 1 atom stereocenters. The Labute approximate surface area is 122 Å². The van der Waals surface area contributed by atoms with Crippen LogP contribution < -0.4 is 5.32 Å². The van der Waals surface area contributed by atoms with Gasteiger partial charge in [0.05, 0.1) is 14.4 Å². The van der Waals surface area contributed by atoms with Crippen LogP contribution in [-0.2, 0) is 0 Å². The summed E-state index contributed by atoms with van der Waals surface area (Å²) in [5.74, 6) is 0.845. The molecule has 0 spiro atoms. The predicted molar refractivity (Wildman–Crippen MR) is 77.6 cm³/mol. The first-order chi connectivity index (χ1) is 9.08. The lowest BCUT2D eigenvalue weighted by molar-refractivity contribution is -0.385. The molecular weight excluding hydrogens is 332 g/mol. The highest BCUT2D eigenvalue weighted by molar-refractivity contribution is 9.10. The van der Waals surface area contributed by atoms with Gasteiger partial charge in [0.2, 0.25) is 0 Å². The van der Waals surface area contributed by atoms with Gasteiger partial charge in [-0.2, -0.15) is 0 Å². The smallest absolute Gasteiger partial charge is 0.288 e. The summed E-state index contributed by atoms with van der Waals surface area (Å²) in [7, 11) is 0. The van der Waals surface area contributed by atoms with E-state index in [2.05, 4.69) is 38.1 Å². The van der Waals surface area contributed by atoms with Crippen LogP contribution in [0.25, 0.3) is 0 Å². The monoisotopic (exact) mass is 342 g/mol. The van der Waals surface area contributed by atoms with Crippen LogP contribution in [0.1, 0.15) is 17.8 Å². The number of nitro groups is 1. The fourth-order valence-electron chi connectivity index (χ4n) is 1.47. The van der Waals surface area contributed by atoms with Gasteiger partial charge in [-0.25, -0.2) is 9.97 Å². The summed E-state index contributed by atoms with van der Waals surface area (Å²) in [4.78, 5) is 18.4. The number of rotatable bonds is 5. The van der Waals surface area contributed by atoms with Gasteiger partial charge in [0.1, 0.15) is 12.0 Å². The molecule has 0 aliphatic carbocycles. The van der Waals surface area contributed by atoms with Gasteiger partial charge in [-0.15, -0.1) is 11.3 Å². The van der Waals surface area contributed by atoms with Crippen molar-refractivity contribution in [2.45, 2.75) is 12.8 Å². The van der Waals surface area contributed by atoms with Crippen molar-refractivity contribution in [3.05, 3.63) is 43.4 Å². The van der Waals surface area contributed by atoms with Crippen LogP contribution in [0.3, 0.4) is 0 Å². The van der Waals surface area contributed by atoms with E-state index in [0.717, 1.165) is 5.01 Å². The van der Waals surface area contributed by atoms with E-state index in [0.29, 0.717) is 16.8 Å². The minimum atomic E-state index is -0.472. The maximum absolute atomic E-state index is 10.6. The molecular formula is C11H11BrN4O2S. The molecule has 0 aliphatic rings. The molecule has 0 bridgehead atoms. The second kappa shape index (κ2) is 6.07. The molecule has 0 aromatic carbocycles. The lowest BCUT2D eigenvalue weighted by atomic mass is 10.2. The molecule has 0 saturated carbocycles. The minimum Gasteiger partial charge on any atom is -0.368 e. The molecule has 8 heteroatoms. The maximum Gasteiger partial charge on any atom is 0.288 e. The molecule has 0 aliphatic heterocycles. The number of nitrogens with zero attached hydrogens (tertiary/aromatic N) is 3. The first kappa shape index (κ1) is 13.9. The van der Waals surface area contributed by atoms with Crippen LogP contribution in [0.15, 0.2) is 28.3 Å². The molecule has 19 heavy (non-hydrogen) atoms. The molecule has 2 aromatic rings. The fraction of sp³-hybridized carbons (Fsp3) is 0.273. The second-order valence-electron chi connectivity index (χ2n) is 3.93. The van der Waals surface area contributed by atoms with Gasteiger partial charge in [-0.3, -0.25) is 10.1 Å². The normalized spacial score (nSPS) is 12.1. The van der Waals surface area contributed by atoms with Crippen molar-refractivity contribution in [3.63, 3.8) is 0 Å². The van der Waals surface area contributed by atoms with Crippen LogP contribution in [-0.4, -0.2) is 21.4 Å². The van der Waals surface area contributed by atoms with E-state index < -0.39 is 4.92 Å². The molecule has 2 heterocycles. The Kier molecular flexibility index (Phi) is 4.43. The number of anilines is 1. The van der Waals surface area contributed by atoms with Crippen molar-refractivity contribution in [2.75, 3.05) is 11.9 Å². The van der Waals surface area contributed by atoms with E-state index in [-0.39, 0.29) is 11.6 Å². The Hall–Kier alpha value is -1.54. The summed E-state index contributed by atoms with van der Waals surface area (Å²) in [6.45, 7) is 2.72. The van der Waals surface area contributed by atoms with Crippen molar-refractivity contribution in [1.82, 2.24) is 9.97 Å². The zero-order valence-electron chi connectivity index (χ0n) is 10.0. The SMILES string of the molecule is CC(CNc1ncc([N+](=O)[O-])cc1Br)c1nccs1. The number of aromatic nitrogens is 2. The van der Waals surface area contributed by atoms with E-state index in [1.165, 1.54) is 12.3 Å². The van der Waals surface area contributed by atoms with Gasteiger partial charge in [-0.05, 0) is 15.9 Å². The number of halogens is 1. The Balaban J connectivity index is 2.02. The standard InChI is InChI=1S/C11H11BrN4O2S/c1-7(11-13-2-3-19-11)5-14-10-9(12)4-8(6-15-10)16(17)18/h2-4,6-7H,5H2,1H3,(H,14,15). The Morgan fingerprint density at radius 2 is 2.37 bits per heavy atom. The first-order valence-electron chi connectivity index (χ1n) is 5.51. The first-order valence-corrected chi connectivity index (χ1v) is 7.18. The number of pyridine rings is 1. The second-order valence-corrected chi connectivity index (χ2v) is 5.71. The highest BCUT2D eigenvalue weighted by Crippen LogP contribution is 2.25. The lowest BCUT2D eigenvalue weighted by Crippen LogP contribution is -2.11.